The maximum Gasteiger partial charge on any atom is 0.328 e. The third-order valence-corrected chi connectivity index (χ3v) is 2.42. The number of carboxylic acids is 1. The highest BCUT2D eigenvalue weighted by Gasteiger charge is 2.34. The van der Waals surface area contributed by atoms with Crippen molar-refractivity contribution in [2.24, 2.45) is 0 Å². The van der Waals surface area contributed by atoms with Gasteiger partial charge in [0.25, 0.3) is 0 Å². The van der Waals surface area contributed by atoms with E-state index in [9.17, 15) is 9.90 Å². The monoisotopic (exact) mass is 219 g/mol. The number of benzene rings is 1. The predicted molar refractivity (Wildman–Crippen MR) is 59.9 cm³/mol. The molecule has 0 spiro atoms. The molecule has 4 nitrogen and oxygen atoms in total. The van der Waals surface area contributed by atoms with E-state index in [0.717, 1.165) is 0 Å². The smallest absolute Gasteiger partial charge is 0.328 e. The molecule has 1 rings (SSSR count). The largest absolute Gasteiger partial charge is 0.508 e. The summed E-state index contributed by atoms with van der Waals surface area (Å²) in [6, 6.07) is 5.97. The molecule has 1 atom stereocenters. The molecule has 1 aromatic carbocycles. The second-order valence-corrected chi connectivity index (χ2v) is 3.53. The standard InChI is InChI=1S/C12H13NO3/c1-3-8-13-12(2,11(15)16)9-4-6-10(14)7-5-9/h1,4-7,13-14H,8H2,2H3,(H,15,16). The normalized spacial score (nSPS) is 13.8. The quantitative estimate of drug-likeness (QED) is 0.658. The molecular formula is C12H13NO3. The first kappa shape index (κ1) is 12.1. The molecule has 16 heavy (non-hydrogen) atoms. The van der Waals surface area contributed by atoms with Gasteiger partial charge < -0.3 is 10.2 Å². The maximum atomic E-state index is 11.2. The van der Waals surface area contributed by atoms with Crippen molar-refractivity contribution < 1.29 is 15.0 Å². The zero-order valence-corrected chi connectivity index (χ0v) is 8.90. The van der Waals surface area contributed by atoms with Crippen molar-refractivity contribution in [3.63, 3.8) is 0 Å². The lowest BCUT2D eigenvalue weighted by molar-refractivity contribution is -0.144. The minimum Gasteiger partial charge on any atom is -0.508 e. The topological polar surface area (TPSA) is 69.6 Å². The van der Waals surface area contributed by atoms with E-state index in [1.165, 1.54) is 19.1 Å². The summed E-state index contributed by atoms with van der Waals surface area (Å²) in [5.74, 6) is 1.41. The summed E-state index contributed by atoms with van der Waals surface area (Å²) in [6.45, 7) is 1.68. The molecule has 0 aliphatic heterocycles. The summed E-state index contributed by atoms with van der Waals surface area (Å²) in [4.78, 5) is 11.2. The fourth-order valence-corrected chi connectivity index (χ4v) is 1.32. The molecule has 0 aromatic heterocycles. The van der Waals surface area contributed by atoms with Crippen LogP contribution in [-0.2, 0) is 10.3 Å². The van der Waals surface area contributed by atoms with Gasteiger partial charge in [0.1, 0.15) is 11.3 Å². The van der Waals surface area contributed by atoms with Crippen LogP contribution in [0.4, 0.5) is 0 Å². The highest BCUT2D eigenvalue weighted by atomic mass is 16.4. The molecule has 0 fully saturated rings. The molecule has 0 aliphatic carbocycles. The second-order valence-electron chi connectivity index (χ2n) is 3.53. The Bertz CT molecular complexity index is 419. The number of carbonyl (C=O) groups is 1. The van der Waals surface area contributed by atoms with Gasteiger partial charge in [0, 0.05) is 0 Å². The number of nitrogens with one attached hydrogen (secondary N) is 1. The van der Waals surface area contributed by atoms with E-state index in [4.69, 9.17) is 11.5 Å². The van der Waals surface area contributed by atoms with Gasteiger partial charge in [-0.15, -0.1) is 6.42 Å². The molecule has 0 amide bonds. The number of rotatable bonds is 4. The fraction of sp³-hybridized carbons (Fsp3) is 0.250. The highest BCUT2D eigenvalue weighted by Crippen LogP contribution is 2.23. The van der Waals surface area contributed by atoms with Crippen LogP contribution in [0.15, 0.2) is 24.3 Å². The van der Waals surface area contributed by atoms with Crippen LogP contribution in [0.5, 0.6) is 5.75 Å². The summed E-state index contributed by atoms with van der Waals surface area (Å²) in [6.07, 6.45) is 5.09. The average molecular weight is 219 g/mol. The number of phenolic OH excluding ortho intramolecular Hbond substituents is 1. The van der Waals surface area contributed by atoms with Crippen LogP contribution in [0.25, 0.3) is 0 Å². The SMILES string of the molecule is C#CCNC(C)(C(=O)O)c1ccc(O)cc1. The van der Waals surface area contributed by atoms with Gasteiger partial charge in [-0.1, -0.05) is 18.1 Å². The number of hydrogen-bond donors (Lipinski definition) is 3. The minimum atomic E-state index is -1.25. The highest BCUT2D eigenvalue weighted by molar-refractivity contribution is 5.80. The van der Waals surface area contributed by atoms with Crippen LogP contribution in [0.2, 0.25) is 0 Å². The Morgan fingerprint density at radius 1 is 1.50 bits per heavy atom. The number of aromatic hydroxyl groups is 1. The Morgan fingerprint density at radius 3 is 2.50 bits per heavy atom. The Kier molecular flexibility index (Phi) is 3.54. The zero-order chi connectivity index (χ0) is 12.2. The van der Waals surface area contributed by atoms with Gasteiger partial charge in [-0.3, -0.25) is 5.32 Å². The number of phenols is 1. The molecule has 84 valence electrons. The Morgan fingerprint density at radius 2 is 2.06 bits per heavy atom. The van der Waals surface area contributed by atoms with E-state index in [1.54, 1.807) is 12.1 Å². The maximum absolute atomic E-state index is 11.2. The number of terminal acetylenes is 1. The van der Waals surface area contributed by atoms with Gasteiger partial charge in [0.15, 0.2) is 0 Å². The summed E-state index contributed by atoms with van der Waals surface area (Å²) in [5, 5.41) is 21.1. The summed E-state index contributed by atoms with van der Waals surface area (Å²) in [5.41, 5.74) is -0.715. The van der Waals surface area contributed by atoms with Gasteiger partial charge in [0.2, 0.25) is 0 Å². The van der Waals surface area contributed by atoms with E-state index in [1.807, 2.05) is 0 Å². The molecule has 1 unspecified atom stereocenters. The zero-order valence-electron chi connectivity index (χ0n) is 8.90. The van der Waals surface area contributed by atoms with Crippen molar-refractivity contribution in [3.05, 3.63) is 29.8 Å². The molecule has 0 aliphatic rings. The predicted octanol–water partition coefficient (Wildman–Crippen LogP) is 0.915. The van der Waals surface area contributed by atoms with Crippen molar-refractivity contribution in [1.82, 2.24) is 5.32 Å². The summed E-state index contributed by atoms with van der Waals surface area (Å²) < 4.78 is 0. The summed E-state index contributed by atoms with van der Waals surface area (Å²) in [7, 11) is 0. The molecule has 1 aromatic rings. The van der Waals surface area contributed by atoms with Crippen LogP contribution in [0.1, 0.15) is 12.5 Å². The van der Waals surface area contributed by atoms with E-state index >= 15 is 0 Å². The molecule has 0 saturated carbocycles. The van der Waals surface area contributed by atoms with Gasteiger partial charge in [-0.05, 0) is 24.6 Å². The fourth-order valence-electron chi connectivity index (χ4n) is 1.32. The molecule has 3 N–H and O–H groups in total. The van der Waals surface area contributed by atoms with Gasteiger partial charge in [-0.2, -0.15) is 0 Å². The van der Waals surface area contributed by atoms with E-state index in [0.29, 0.717) is 5.56 Å². The third-order valence-electron chi connectivity index (χ3n) is 2.42. The number of hydrogen-bond acceptors (Lipinski definition) is 3. The molecule has 0 radical (unpaired) electrons. The lowest BCUT2D eigenvalue weighted by Crippen LogP contribution is -2.46. The first-order chi connectivity index (χ1) is 7.50. The first-order valence-electron chi connectivity index (χ1n) is 4.72. The van der Waals surface area contributed by atoms with Gasteiger partial charge in [0.05, 0.1) is 6.54 Å². The lowest BCUT2D eigenvalue weighted by atomic mass is 9.92. The van der Waals surface area contributed by atoms with Gasteiger partial charge in [-0.25, -0.2) is 4.79 Å². The number of carboxylic acid groups (broad SMARTS) is 1. The minimum absolute atomic E-state index is 0.0911. The second kappa shape index (κ2) is 4.69. The number of aliphatic carboxylic acids is 1. The van der Waals surface area contributed by atoms with Crippen LogP contribution >= 0.6 is 0 Å². The lowest BCUT2D eigenvalue weighted by Gasteiger charge is -2.25. The average Bonchev–Trinajstić information content (AvgIpc) is 2.26. The Balaban J connectivity index is 3.07. The van der Waals surface area contributed by atoms with Crippen molar-refractivity contribution >= 4 is 5.97 Å². The molecule has 0 heterocycles. The van der Waals surface area contributed by atoms with E-state index in [-0.39, 0.29) is 12.3 Å². The van der Waals surface area contributed by atoms with Crippen molar-refractivity contribution in [2.75, 3.05) is 6.54 Å². The Hall–Kier alpha value is -1.99. The third kappa shape index (κ3) is 2.33. The van der Waals surface area contributed by atoms with Crippen molar-refractivity contribution in [1.29, 1.82) is 0 Å². The first-order valence-corrected chi connectivity index (χ1v) is 4.72. The van der Waals surface area contributed by atoms with Crippen molar-refractivity contribution in [2.45, 2.75) is 12.5 Å². The van der Waals surface area contributed by atoms with E-state index < -0.39 is 11.5 Å². The van der Waals surface area contributed by atoms with Crippen LogP contribution in [-0.4, -0.2) is 22.7 Å². The van der Waals surface area contributed by atoms with Crippen LogP contribution < -0.4 is 5.32 Å². The molecule has 0 bridgehead atoms. The van der Waals surface area contributed by atoms with Crippen LogP contribution in [0.3, 0.4) is 0 Å². The van der Waals surface area contributed by atoms with Gasteiger partial charge >= 0.3 is 5.97 Å². The Labute approximate surface area is 93.9 Å². The molecule has 4 heteroatoms. The van der Waals surface area contributed by atoms with Crippen LogP contribution in [0, 0.1) is 12.3 Å². The molecule has 0 saturated heterocycles. The van der Waals surface area contributed by atoms with Crippen molar-refractivity contribution in [3.8, 4) is 18.1 Å². The summed E-state index contributed by atoms with van der Waals surface area (Å²) >= 11 is 0. The molecular weight excluding hydrogens is 206 g/mol. The van der Waals surface area contributed by atoms with E-state index in [2.05, 4.69) is 11.2 Å².